The molecule has 2 amide bonds. The number of carbonyl (C=O) groups is 2. The molecule has 3 rings (SSSR count). The van der Waals surface area contributed by atoms with Gasteiger partial charge in [-0.2, -0.15) is 0 Å². The van der Waals surface area contributed by atoms with Gasteiger partial charge in [0.05, 0.1) is 23.2 Å². The van der Waals surface area contributed by atoms with Gasteiger partial charge in [0.2, 0.25) is 5.91 Å². The van der Waals surface area contributed by atoms with E-state index in [-0.39, 0.29) is 35.9 Å². The summed E-state index contributed by atoms with van der Waals surface area (Å²) in [5, 5.41) is 25.9. The number of aliphatic hydroxyl groups is 1. The highest BCUT2D eigenvalue weighted by Crippen LogP contribution is 2.24. The summed E-state index contributed by atoms with van der Waals surface area (Å²) in [6, 6.07) is 13.6. The number of nitrogens with zero attached hydrogens (tertiary/aromatic N) is 1. The first-order valence-electron chi connectivity index (χ1n) is 11.0. The number of carboxylic acid groups (broad SMARTS) is 1. The molecule has 10 heteroatoms. The van der Waals surface area contributed by atoms with Crippen LogP contribution in [0.4, 0.5) is 4.79 Å². The normalized spacial score (nSPS) is 20.4. The Morgan fingerprint density at radius 3 is 2.24 bits per heavy atom. The molecule has 184 valence electrons. The SMILES string of the molecule is CC(C)C1N[C@@H]([C@H](O)[C@H](Cc2ccccc2)NC(=O)O)C(=O)N1Cc1ccc(S(C)(=O)=O)cc1. The van der Waals surface area contributed by atoms with Crippen LogP contribution in [-0.2, 0) is 27.6 Å². The zero-order valence-corrected chi connectivity index (χ0v) is 20.2. The molecular weight excluding hydrogens is 458 g/mol. The Hall–Kier alpha value is -2.95. The minimum absolute atomic E-state index is 0.0106. The first-order valence-corrected chi connectivity index (χ1v) is 12.9. The fourth-order valence-electron chi connectivity index (χ4n) is 4.19. The maximum Gasteiger partial charge on any atom is 0.404 e. The molecule has 1 fully saturated rings. The largest absolute Gasteiger partial charge is 0.465 e. The third kappa shape index (κ3) is 6.13. The maximum atomic E-state index is 13.4. The van der Waals surface area contributed by atoms with E-state index in [2.05, 4.69) is 10.6 Å². The lowest BCUT2D eigenvalue weighted by Gasteiger charge is -2.27. The molecular formula is C24H31N3O6S. The van der Waals surface area contributed by atoms with E-state index in [1.54, 1.807) is 17.0 Å². The second kappa shape index (κ2) is 10.5. The summed E-state index contributed by atoms with van der Waals surface area (Å²) in [5.74, 6) is -0.333. The van der Waals surface area contributed by atoms with Gasteiger partial charge in [-0.15, -0.1) is 0 Å². The van der Waals surface area contributed by atoms with Crippen molar-refractivity contribution in [2.75, 3.05) is 6.26 Å². The minimum Gasteiger partial charge on any atom is -0.465 e. The Morgan fingerprint density at radius 2 is 1.71 bits per heavy atom. The minimum atomic E-state index is -3.33. The Kier molecular flexibility index (Phi) is 7.96. The van der Waals surface area contributed by atoms with E-state index in [1.807, 2.05) is 44.2 Å². The molecule has 0 radical (unpaired) electrons. The Balaban J connectivity index is 1.81. The molecule has 0 bridgehead atoms. The first-order chi connectivity index (χ1) is 16.0. The van der Waals surface area contributed by atoms with Crippen molar-refractivity contribution in [3.05, 3.63) is 65.7 Å². The number of sulfone groups is 1. The number of rotatable bonds is 9. The summed E-state index contributed by atoms with van der Waals surface area (Å²) in [7, 11) is -3.33. The molecule has 1 aliphatic rings. The molecule has 0 aromatic heterocycles. The van der Waals surface area contributed by atoms with Crippen molar-refractivity contribution in [1.82, 2.24) is 15.5 Å². The molecule has 0 aliphatic carbocycles. The summed E-state index contributed by atoms with van der Waals surface area (Å²) in [4.78, 5) is 26.6. The van der Waals surface area contributed by atoms with Crippen LogP contribution in [0.25, 0.3) is 0 Å². The van der Waals surface area contributed by atoms with Gasteiger partial charge in [-0.05, 0) is 35.6 Å². The van der Waals surface area contributed by atoms with Gasteiger partial charge in [-0.3, -0.25) is 10.1 Å². The number of nitrogens with one attached hydrogen (secondary N) is 2. The zero-order valence-electron chi connectivity index (χ0n) is 19.4. The number of carbonyl (C=O) groups excluding carboxylic acids is 1. The van der Waals surface area contributed by atoms with Crippen LogP contribution in [0.15, 0.2) is 59.5 Å². The molecule has 0 spiro atoms. The van der Waals surface area contributed by atoms with Crippen LogP contribution in [-0.4, -0.2) is 66.1 Å². The van der Waals surface area contributed by atoms with Crippen LogP contribution in [0.2, 0.25) is 0 Å². The summed E-state index contributed by atoms with van der Waals surface area (Å²) in [5.41, 5.74) is 1.57. The van der Waals surface area contributed by atoms with E-state index in [4.69, 9.17) is 0 Å². The monoisotopic (exact) mass is 489 g/mol. The fourth-order valence-corrected chi connectivity index (χ4v) is 4.82. The highest BCUT2D eigenvalue weighted by atomic mass is 32.2. The average Bonchev–Trinajstić information content (AvgIpc) is 3.09. The lowest BCUT2D eigenvalue weighted by atomic mass is 9.96. The van der Waals surface area contributed by atoms with Crippen molar-refractivity contribution < 1.29 is 28.2 Å². The predicted octanol–water partition coefficient (Wildman–Crippen LogP) is 1.61. The van der Waals surface area contributed by atoms with E-state index in [1.165, 1.54) is 12.1 Å². The molecule has 1 saturated heterocycles. The Labute approximate surface area is 199 Å². The van der Waals surface area contributed by atoms with Gasteiger partial charge >= 0.3 is 6.09 Å². The Morgan fingerprint density at radius 1 is 1.09 bits per heavy atom. The third-order valence-electron chi connectivity index (χ3n) is 5.93. The molecule has 0 saturated carbocycles. The van der Waals surface area contributed by atoms with Gasteiger partial charge in [-0.25, -0.2) is 13.2 Å². The van der Waals surface area contributed by atoms with E-state index >= 15 is 0 Å². The van der Waals surface area contributed by atoms with Gasteiger partial charge in [0.15, 0.2) is 9.84 Å². The van der Waals surface area contributed by atoms with Crippen molar-refractivity contribution in [1.29, 1.82) is 0 Å². The second-order valence-electron chi connectivity index (χ2n) is 8.95. The zero-order chi connectivity index (χ0) is 25.0. The van der Waals surface area contributed by atoms with Gasteiger partial charge in [0.1, 0.15) is 6.04 Å². The van der Waals surface area contributed by atoms with Crippen molar-refractivity contribution in [2.45, 2.75) is 56.1 Å². The lowest BCUT2D eigenvalue weighted by molar-refractivity contribution is -0.133. The number of benzene rings is 2. The first kappa shape index (κ1) is 25.7. The van der Waals surface area contributed by atoms with E-state index in [0.717, 1.165) is 17.4 Å². The van der Waals surface area contributed by atoms with E-state index < -0.39 is 34.1 Å². The average molecular weight is 490 g/mol. The van der Waals surface area contributed by atoms with E-state index in [9.17, 15) is 28.2 Å². The molecule has 4 N–H and O–H groups in total. The van der Waals surface area contributed by atoms with Crippen molar-refractivity contribution in [3.63, 3.8) is 0 Å². The topological polar surface area (TPSA) is 136 Å². The Bertz CT molecular complexity index is 1110. The maximum absolute atomic E-state index is 13.4. The van der Waals surface area contributed by atoms with E-state index in [0.29, 0.717) is 0 Å². The highest BCUT2D eigenvalue weighted by Gasteiger charge is 2.46. The summed E-state index contributed by atoms with van der Waals surface area (Å²) in [6.45, 7) is 4.10. The molecule has 1 heterocycles. The smallest absolute Gasteiger partial charge is 0.404 e. The van der Waals surface area contributed by atoms with Crippen molar-refractivity contribution >= 4 is 21.8 Å². The van der Waals surface area contributed by atoms with Gasteiger partial charge in [0, 0.05) is 12.8 Å². The number of hydrogen-bond donors (Lipinski definition) is 4. The molecule has 1 aliphatic heterocycles. The molecule has 2 aromatic rings. The third-order valence-corrected chi connectivity index (χ3v) is 7.06. The lowest BCUT2D eigenvalue weighted by Crippen LogP contribution is -2.55. The van der Waals surface area contributed by atoms with Crippen LogP contribution < -0.4 is 10.6 Å². The van der Waals surface area contributed by atoms with Crippen molar-refractivity contribution in [3.8, 4) is 0 Å². The second-order valence-corrected chi connectivity index (χ2v) is 11.0. The summed E-state index contributed by atoms with van der Waals surface area (Å²) in [6.07, 6.45) is -1.62. The number of aliphatic hydroxyl groups excluding tert-OH is 1. The van der Waals surface area contributed by atoms with Gasteiger partial charge in [0.25, 0.3) is 0 Å². The fraction of sp³-hybridized carbons (Fsp3) is 0.417. The quantitative estimate of drug-likeness (QED) is 0.420. The molecule has 1 unspecified atom stereocenters. The van der Waals surface area contributed by atoms with Crippen LogP contribution in [0.1, 0.15) is 25.0 Å². The number of hydrogen-bond acceptors (Lipinski definition) is 6. The summed E-state index contributed by atoms with van der Waals surface area (Å²) >= 11 is 0. The van der Waals surface area contributed by atoms with Crippen LogP contribution in [0.5, 0.6) is 0 Å². The van der Waals surface area contributed by atoms with Crippen LogP contribution in [0, 0.1) is 5.92 Å². The predicted molar refractivity (Wildman–Crippen MR) is 127 cm³/mol. The van der Waals surface area contributed by atoms with Gasteiger partial charge < -0.3 is 20.4 Å². The number of amides is 2. The molecule has 9 nitrogen and oxygen atoms in total. The molecule has 4 atom stereocenters. The molecule has 2 aromatic carbocycles. The van der Waals surface area contributed by atoms with Gasteiger partial charge in [-0.1, -0.05) is 56.3 Å². The van der Waals surface area contributed by atoms with Crippen LogP contribution in [0.3, 0.4) is 0 Å². The summed E-state index contributed by atoms with van der Waals surface area (Å²) < 4.78 is 23.4. The van der Waals surface area contributed by atoms with Crippen LogP contribution >= 0.6 is 0 Å². The molecule has 34 heavy (non-hydrogen) atoms. The van der Waals surface area contributed by atoms with Crippen molar-refractivity contribution in [2.24, 2.45) is 5.92 Å². The standard InChI is InChI=1S/C24H31N3O6S/c1-15(2)22-26-20(21(28)19(25-24(30)31)13-16-7-5-4-6-8-16)23(29)27(22)14-17-9-11-18(12-10-17)34(3,32)33/h4-12,15,19-22,25-26,28H,13-14H2,1-3H3,(H,30,31)/t19-,20-,21+,22?/m0/s1. The highest BCUT2D eigenvalue weighted by molar-refractivity contribution is 7.90.